The Kier molecular flexibility index (Phi) is 6.24. The molecule has 0 radical (unpaired) electrons. The van der Waals surface area contributed by atoms with Crippen molar-refractivity contribution in [1.82, 2.24) is 0 Å². The third-order valence-corrected chi connectivity index (χ3v) is 4.67. The number of carbonyl (C=O) groups is 2. The zero-order valence-electron chi connectivity index (χ0n) is 14.6. The molecule has 27 heavy (non-hydrogen) atoms. The summed E-state index contributed by atoms with van der Waals surface area (Å²) in [6.07, 6.45) is -1.02. The lowest BCUT2D eigenvalue weighted by atomic mass is 9.99. The fraction of sp³-hybridized carbons (Fsp3) is 0.0909. The molecule has 0 fully saturated rings. The molecule has 0 aromatic heterocycles. The SMILES string of the molecule is COc1ccc(C(=O)[C@@H](OC(=O)c2cccc(I)c2)c2ccccc2)cc1. The van der Waals surface area contributed by atoms with Crippen LogP contribution in [0.15, 0.2) is 78.9 Å². The van der Waals surface area contributed by atoms with Crippen molar-refractivity contribution in [2.24, 2.45) is 0 Å². The molecule has 0 unspecified atom stereocenters. The minimum Gasteiger partial charge on any atom is -0.497 e. The van der Waals surface area contributed by atoms with E-state index in [4.69, 9.17) is 9.47 Å². The van der Waals surface area contributed by atoms with E-state index in [2.05, 4.69) is 22.6 Å². The molecule has 3 aromatic rings. The highest BCUT2D eigenvalue weighted by molar-refractivity contribution is 14.1. The summed E-state index contributed by atoms with van der Waals surface area (Å²) in [5, 5.41) is 0. The highest BCUT2D eigenvalue weighted by atomic mass is 127. The molecule has 1 atom stereocenters. The molecule has 0 heterocycles. The van der Waals surface area contributed by atoms with E-state index in [1.807, 2.05) is 24.3 Å². The van der Waals surface area contributed by atoms with Gasteiger partial charge in [0.25, 0.3) is 0 Å². The van der Waals surface area contributed by atoms with Gasteiger partial charge in [0.2, 0.25) is 5.78 Å². The Morgan fingerprint density at radius 3 is 2.19 bits per heavy atom. The summed E-state index contributed by atoms with van der Waals surface area (Å²) in [6.45, 7) is 0. The second-order valence-electron chi connectivity index (χ2n) is 5.80. The van der Waals surface area contributed by atoms with Crippen molar-refractivity contribution >= 4 is 34.3 Å². The van der Waals surface area contributed by atoms with Crippen LogP contribution in [-0.2, 0) is 4.74 Å². The van der Waals surface area contributed by atoms with Crippen molar-refractivity contribution in [1.29, 1.82) is 0 Å². The van der Waals surface area contributed by atoms with Gasteiger partial charge in [-0.3, -0.25) is 4.79 Å². The van der Waals surface area contributed by atoms with E-state index in [0.29, 0.717) is 22.4 Å². The maximum absolute atomic E-state index is 13.1. The van der Waals surface area contributed by atoms with Gasteiger partial charge in [0.1, 0.15) is 5.75 Å². The van der Waals surface area contributed by atoms with Crippen LogP contribution in [0.5, 0.6) is 5.75 Å². The second-order valence-corrected chi connectivity index (χ2v) is 7.04. The Morgan fingerprint density at radius 2 is 1.56 bits per heavy atom. The van der Waals surface area contributed by atoms with Crippen molar-refractivity contribution in [2.75, 3.05) is 7.11 Å². The quantitative estimate of drug-likeness (QED) is 0.285. The topological polar surface area (TPSA) is 52.6 Å². The largest absolute Gasteiger partial charge is 0.497 e. The lowest BCUT2D eigenvalue weighted by molar-refractivity contribution is 0.0280. The summed E-state index contributed by atoms with van der Waals surface area (Å²) in [5.41, 5.74) is 1.47. The van der Waals surface area contributed by atoms with Gasteiger partial charge in [-0.15, -0.1) is 0 Å². The van der Waals surface area contributed by atoms with Gasteiger partial charge in [-0.1, -0.05) is 36.4 Å². The first-order valence-corrected chi connectivity index (χ1v) is 9.36. The van der Waals surface area contributed by atoms with Gasteiger partial charge in [0, 0.05) is 14.7 Å². The zero-order chi connectivity index (χ0) is 19.2. The van der Waals surface area contributed by atoms with Gasteiger partial charge in [0.15, 0.2) is 6.10 Å². The summed E-state index contributed by atoms with van der Waals surface area (Å²) in [7, 11) is 1.56. The number of Topliss-reactive ketones (excluding diaryl/α,β-unsaturated/α-hetero) is 1. The first-order valence-electron chi connectivity index (χ1n) is 8.28. The molecule has 0 saturated carbocycles. The van der Waals surface area contributed by atoms with Crippen molar-refractivity contribution in [2.45, 2.75) is 6.10 Å². The summed E-state index contributed by atoms with van der Waals surface area (Å²) in [6, 6.07) is 22.8. The normalized spacial score (nSPS) is 11.5. The predicted molar refractivity (Wildman–Crippen MR) is 111 cm³/mol. The molecule has 3 aromatic carbocycles. The molecule has 0 spiro atoms. The molecule has 0 saturated heterocycles. The monoisotopic (exact) mass is 472 g/mol. The Hall–Kier alpha value is -2.67. The Balaban J connectivity index is 1.91. The minimum absolute atomic E-state index is 0.289. The zero-order valence-corrected chi connectivity index (χ0v) is 16.8. The summed E-state index contributed by atoms with van der Waals surface area (Å²) < 4.78 is 11.7. The third kappa shape index (κ3) is 4.74. The van der Waals surface area contributed by atoms with Gasteiger partial charge >= 0.3 is 5.97 Å². The van der Waals surface area contributed by atoms with Crippen LogP contribution in [0.2, 0.25) is 0 Å². The van der Waals surface area contributed by atoms with Crippen LogP contribution in [0.25, 0.3) is 0 Å². The Labute approximate surface area is 171 Å². The maximum atomic E-state index is 13.1. The fourth-order valence-corrected chi connectivity index (χ4v) is 3.14. The predicted octanol–water partition coefficient (Wildman–Crippen LogP) is 5.08. The highest BCUT2D eigenvalue weighted by Crippen LogP contribution is 2.25. The van der Waals surface area contributed by atoms with E-state index < -0.39 is 12.1 Å². The standard InChI is InChI=1S/C22H17IO4/c1-26-19-12-10-15(11-13-19)20(24)21(16-6-3-2-4-7-16)27-22(25)17-8-5-9-18(23)14-17/h2-14,21H,1H3/t21-/m0/s1. The van der Waals surface area contributed by atoms with Crippen molar-refractivity contribution in [3.63, 3.8) is 0 Å². The van der Waals surface area contributed by atoms with E-state index in [0.717, 1.165) is 3.57 Å². The maximum Gasteiger partial charge on any atom is 0.339 e. The number of carbonyl (C=O) groups excluding carboxylic acids is 2. The molecule has 3 rings (SSSR count). The highest BCUT2D eigenvalue weighted by Gasteiger charge is 2.26. The Morgan fingerprint density at radius 1 is 0.852 bits per heavy atom. The van der Waals surface area contributed by atoms with Crippen molar-refractivity contribution in [3.8, 4) is 5.75 Å². The number of hydrogen-bond donors (Lipinski definition) is 0. The third-order valence-electron chi connectivity index (χ3n) is 4.00. The van der Waals surface area contributed by atoms with Crippen LogP contribution in [0.4, 0.5) is 0 Å². The second kappa shape index (κ2) is 8.81. The summed E-state index contributed by atoms with van der Waals surface area (Å²) >= 11 is 2.13. The smallest absolute Gasteiger partial charge is 0.339 e. The molecule has 0 amide bonds. The van der Waals surface area contributed by atoms with Crippen LogP contribution in [0.1, 0.15) is 32.4 Å². The molecule has 5 heteroatoms. The molecule has 0 aliphatic heterocycles. The van der Waals surface area contributed by atoms with Crippen molar-refractivity contribution in [3.05, 3.63) is 99.1 Å². The van der Waals surface area contributed by atoms with E-state index in [1.165, 1.54) is 0 Å². The molecular weight excluding hydrogens is 455 g/mol. The lowest BCUT2D eigenvalue weighted by Crippen LogP contribution is -2.20. The molecular formula is C22H17IO4. The van der Waals surface area contributed by atoms with Gasteiger partial charge in [-0.05, 0) is 65.1 Å². The average molecular weight is 472 g/mol. The molecule has 0 N–H and O–H groups in total. The Bertz CT molecular complexity index is 936. The number of benzene rings is 3. The molecule has 136 valence electrons. The van der Waals surface area contributed by atoms with Crippen molar-refractivity contribution < 1.29 is 19.1 Å². The van der Waals surface area contributed by atoms with Crippen LogP contribution < -0.4 is 4.74 Å². The first kappa shape index (κ1) is 19.1. The molecule has 4 nitrogen and oxygen atoms in total. The number of esters is 1. The van der Waals surface area contributed by atoms with Crippen LogP contribution in [0.3, 0.4) is 0 Å². The van der Waals surface area contributed by atoms with Gasteiger partial charge < -0.3 is 9.47 Å². The van der Waals surface area contributed by atoms with E-state index >= 15 is 0 Å². The number of hydrogen-bond acceptors (Lipinski definition) is 4. The first-order chi connectivity index (χ1) is 13.1. The van der Waals surface area contributed by atoms with E-state index in [9.17, 15) is 9.59 Å². The van der Waals surface area contributed by atoms with Gasteiger partial charge in [-0.25, -0.2) is 4.79 Å². The summed E-state index contributed by atoms with van der Waals surface area (Å²) in [5.74, 6) is -0.175. The van der Waals surface area contributed by atoms with Crippen LogP contribution >= 0.6 is 22.6 Å². The lowest BCUT2D eigenvalue weighted by Gasteiger charge is -2.18. The molecule has 0 aliphatic rings. The minimum atomic E-state index is -1.02. The molecule has 0 bridgehead atoms. The fourth-order valence-electron chi connectivity index (χ4n) is 2.60. The van der Waals surface area contributed by atoms with E-state index in [1.54, 1.807) is 61.7 Å². The summed E-state index contributed by atoms with van der Waals surface area (Å²) in [4.78, 5) is 25.7. The molecule has 0 aliphatic carbocycles. The van der Waals surface area contributed by atoms with Gasteiger partial charge in [0.05, 0.1) is 12.7 Å². The number of methoxy groups -OCH3 is 1. The average Bonchev–Trinajstić information content (AvgIpc) is 2.72. The number of rotatable bonds is 6. The number of ether oxygens (including phenoxy) is 2. The number of ketones is 1. The van der Waals surface area contributed by atoms with Gasteiger partial charge in [-0.2, -0.15) is 0 Å². The number of halogens is 1. The van der Waals surface area contributed by atoms with Crippen LogP contribution in [0, 0.1) is 3.57 Å². The van der Waals surface area contributed by atoms with E-state index in [-0.39, 0.29) is 5.78 Å². The van der Waals surface area contributed by atoms with Crippen LogP contribution in [-0.4, -0.2) is 18.9 Å².